The Morgan fingerprint density at radius 2 is 1.89 bits per heavy atom. The summed E-state index contributed by atoms with van der Waals surface area (Å²) in [6.07, 6.45) is 0. The lowest BCUT2D eigenvalue weighted by Crippen LogP contribution is -2.20. The molecule has 0 saturated heterocycles. The highest BCUT2D eigenvalue weighted by molar-refractivity contribution is 5.98. The molecule has 5 rings (SSSR count). The van der Waals surface area contributed by atoms with Gasteiger partial charge in [-0.1, -0.05) is 12.1 Å². The Kier molecular flexibility index (Phi) is 3.43. The van der Waals surface area contributed by atoms with E-state index in [0.29, 0.717) is 22.8 Å². The molecule has 3 aliphatic heterocycles. The first-order chi connectivity index (χ1) is 13.2. The first-order valence-electron chi connectivity index (χ1n) is 8.53. The number of ether oxygens (including phenoxy) is 5. The summed E-state index contributed by atoms with van der Waals surface area (Å²) in [6.45, 7) is 0.355. The quantitative estimate of drug-likeness (QED) is 0.836. The first-order valence-corrected chi connectivity index (χ1v) is 8.53. The van der Waals surface area contributed by atoms with Crippen LogP contribution in [0.15, 0.2) is 41.6 Å². The fourth-order valence-corrected chi connectivity index (χ4v) is 3.87. The average Bonchev–Trinajstić information content (AvgIpc) is 3.31. The number of methoxy groups -OCH3 is 2. The van der Waals surface area contributed by atoms with Crippen LogP contribution in [0.2, 0.25) is 0 Å². The van der Waals surface area contributed by atoms with Crippen LogP contribution in [0.3, 0.4) is 0 Å². The fraction of sp³-hybridized carbons (Fsp3) is 0.250. The number of fused-ring (bicyclic) bond motifs is 2. The summed E-state index contributed by atoms with van der Waals surface area (Å²) in [5.41, 5.74) is 3.92. The van der Waals surface area contributed by atoms with Gasteiger partial charge in [0.25, 0.3) is 0 Å². The van der Waals surface area contributed by atoms with Crippen molar-refractivity contribution in [3.05, 3.63) is 52.7 Å². The van der Waals surface area contributed by atoms with Crippen molar-refractivity contribution in [1.82, 2.24) is 0 Å². The summed E-state index contributed by atoms with van der Waals surface area (Å²) in [5.74, 6) is 1.78. The van der Waals surface area contributed by atoms with Gasteiger partial charge >= 0.3 is 5.97 Å². The average molecular weight is 367 g/mol. The molecule has 3 aliphatic rings. The number of benzene rings is 2. The Labute approximate surface area is 155 Å². The van der Waals surface area contributed by atoms with E-state index in [4.69, 9.17) is 23.7 Å². The van der Waals surface area contributed by atoms with Crippen molar-refractivity contribution in [1.29, 1.82) is 0 Å². The highest BCUT2D eigenvalue weighted by Gasteiger charge is 2.42. The molecule has 0 saturated carbocycles. The molecule has 3 heterocycles. The van der Waals surface area contributed by atoms with E-state index in [1.807, 2.05) is 30.3 Å². The molecule has 0 amide bonds. The molecule has 0 fully saturated rings. The summed E-state index contributed by atoms with van der Waals surface area (Å²) < 4.78 is 27.4. The molecule has 0 bridgehead atoms. The Hall–Kier alpha value is -3.35. The minimum atomic E-state index is -0.346. The molecule has 2 aromatic rings. The van der Waals surface area contributed by atoms with Gasteiger partial charge in [0.15, 0.2) is 11.5 Å². The van der Waals surface area contributed by atoms with Gasteiger partial charge in [-0.25, -0.2) is 4.79 Å². The maximum atomic E-state index is 12.5. The molecule has 27 heavy (non-hydrogen) atoms. The zero-order valence-corrected chi connectivity index (χ0v) is 14.8. The molecule has 1 atom stereocenters. The topological polar surface area (TPSA) is 75.3 Å². The van der Waals surface area contributed by atoms with Gasteiger partial charge in [-0.2, -0.15) is 0 Å². The molecule has 0 radical (unpaired) electrons. The van der Waals surface area contributed by atoms with Gasteiger partial charge < -0.3 is 29.0 Å². The number of hydrogen-bond acceptors (Lipinski definition) is 7. The number of hydrogen-bond donors (Lipinski definition) is 1. The molecular weight excluding hydrogens is 350 g/mol. The molecular formula is C20H17NO6. The van der Waals surface area contributed by atoms with E-state index in [1.165, 1.54) is 0 Å². The third-order valence-electron chi connectivity index (χ3n) is 5.07. The van der Waals surface area contributed by atoms with Crippen LogP contribution in [-0.4, -0.2) is 33.6 Å². The largest absolute Gasteiger partial charge is 0.497 e. The Bertz CT molecular complexity index is 979. The van der Waals surface area contributed by atoms with Gasteiger partial charge in [0.1, 0.15) is 12.4 Å². The van der Waals surface area contributed by atoms with Crippen LogP contribution in [0.4, 0.5) is 5.69 Å². The monoisotopic (exact) mass is 367 g/mol. The van der Waals surface area contributed by atoms with Crippen molar-refractivity contribution in [3.63, 3.8) is 0 Å². The van der Waals surface area contributed by atoms with Crippen molar-refractivity contribution in [2.24, 2.45) is 0 Å². The lowest BCUT2D eigenvalue weighted by atomic mass is 9.80. The Morgan fingerprint density at radius 1 is 1.07 bits per heavy atom. The van der Waals surface area contributed by atoms with Crippen LogP contribution in [0, 0.1) is 0 Å². The van der Waals surface area contributed by atoms with Gasteiger partial charge in [-0.3, -0.25) is 0 Å². The van der Waals surface area contributed by atoms with Crippen LogP contribution >= 0.6 is 0 Å². The third kappa shape index (κ3) is 2.24. The van der Waals surface area contributed by atoms with Crippen molar-refractivity contribution in [2.75, 3.05) is 32.9 Å². The Balaban J connectivity index is 1.75. The molecule has 0 aromatic heterocycles. The molecule has 7 nitrogen and oxygen atoms in total. The molecule has 7 heteroatoms. The van der Waals surface area contributed by atoms with E-state index >= 15 is 0 Å². The lowest BCUT2D eigenvalue weighted by Gasteiger charge is -2.29. The predicted octanol–water partition coefficient (Wildman–Crippen LogP) is 2.80. The van der Waals surface area contributed by atoms with E-state index in [1.54, 1.807) is 14.2 Å². The number of cyclic esters (lactones) is 1. The van der Waals surface area contributed by atoms with E-state index in [9.17, 15) is 4.79 Å². The van der Waals surface area contributed by atoms with E-state index in [-0.39, 0.29) is 25.3 Å². The smallest absolute Gasteiger partial charge is 0.337 e. The van der Waals surface area contributed by atoms with Gasteiger partial charge in [-0.05, 0) is 17.7 Å². The van der Waals surface area contributed by atoms with Crippen LogP contribution < -0.4 is 24.3 Å². The summed E-state index contributed by atoms with van der Waals surface area (Å²) >= 11 is 0. The lowest BCUT2D eigenvalue weighted by molar-refractivity contribution is -0.136. The standard InChI is InChI=1S/C20H17NO6/c1-23-11-5-3-10(4-6-11)15-16-12(21-13-8-25-20(22)17(13)15)7-14-18(19(16)24-2)27-9-26-14/h3-7,15,21H,8-9H2,1-2H3. The summed E-state index contributed by atoms with van der Waals surface area (Å²) in [7, 11) is 3.20. The van der Waals surface area contributed by atoms with Crippen molar-refractivity contribution < 1.29 is 28.5 Å². The van der Waals surface area contributed by atoms with E-state index < -0.39 is 0 Å². The number of nitrogens with one attached hydrogen (secondary N) is 1. The van der Waals surface area contributed by atoms with Crippen LogP contribution in [0.5, 0.6) is 23.0 Å². The van der Waals surface area contributed by atoms with Crippen molar-refractivity contribution >= 4 is 11.7 Å². The van der Waals surface area contributed by atoms with Crippen LogP contribution in [0.25, 0.3) is 0 Å². The number of rotatable bonds is 3. The third-order valence-corrected chi connectivity index (χ3v) is 5.07. The highest BCUT2D eigenvalue weighted by atomic mass is 16.7. The minimum Gasteiger partial charge on any atom is -0.497 e. The fourth-order valence-electron chi connectivity index (χ4n) is 3.87. The summed E-state index contributed by atoms with van der Waals surface area (Å²) in [4.78, 5) is 12.5. The number of anilines is 1. The maximum Gasteiger partial charge on any atom is 0.337 e. The van der Waals surface area contributed by atoms with E-state index in [2.05, 4.69) is 5.32 Å². The van der Waals surface area contributed by atoms with Gasteiger partial charge in [0, 0.05) is 17.5 Å². The van der Waals surface area contributed by atoms with E-state index in [0.717, 1.165) is 28.3 Å². The molecule has 0 aliphatic carbocycles. The summed E-state index contributed by atoms with van der Waals surface area (Å²) in [5, 5.41) is 3.31. The normalized spacial score (nSPS) is 19.2. The van der Waals surface area contributed by atoms with Crippen LogP contribution in [-0.2, 0) is 9.53 Å². The molecule has 1 N–H and O–H groups in total. The van der Waals surface area contributed by atoms with Crippen LogP contribution in [0.1, 0.15) is 17.0 Å². The number of carbonyl (C=O) groups excluding carboxylic acids is 1. The molecule has 1 unspecified atom stereocenters. The highest BCUT2D eigenvalue weighted by Crippen LogP contribution is 2.55. The summed E-state index contributed by atoms with van der Waals surface area (Å²) in [6, 6.07) is 9.51. The minimum absolute atomic E-state index is 0.136. The van der Waals surface area contributed by atoms with Gasteiger partial charge in [0.05, 0.1) is 31.2 Å². The Morgan fingerprint density at radius 3 is 2.63 bits per heavy atom. The zero-order chi connectivity index (χ0) is 18.5. The number of carbonyl (C=O) groups is 1. The van der Waals surface area contributed by atoms with Crippen molar-refractivity contribution in [2.45, 2.75) is 5.92 Å². The number of esters is 1. The maximum absolute atomic E-state index is 12.5. The second kappa shape index (κ2) is 5.84. The zero-order valence-electron chi connectivity index (χ0n) is 14.8. The van der Waals surface area contributed by atoms with Gasteiger partial charge in [-0.15, -0.1) is 0 Å². The molecule has 0 spiro atoms. The predicted molar refractivity (Wildman–Crippen MR) is 95.6 cm³/mol. The molecule has 138 valence electrons. The SMILES string of the molecule is COc1ccc(C2C3=C(COC3=O)Nc3cc4c(c(OC)c32)OCO4)cc1. The van der Waals surface area contributed by atoms with Gasteiger partial charge in [0.2, 0.25) is 12.5 Å². The second-order valence-electron chi connectivity index (χ2n) is 6.40. The first kappa shape index (κ1) is 15.9. The van der Waals surface area contributed by atoms with Crippen molar-refractivity contribution in [3.8, 4) is 23.0 Å². The molecule has 2 aromatic carbocycles. The second-order valence-corrected chi connectivity index (χ2v) is 6.40.